The Kier molecular flexibility index (Phi) is 4.32. The molecule has 0 aromatic heterocycles. The minimum atomic E-state index is -5.67. The van der Waals surface area contributed by atoms with Gasteiger partial charge in [0.2, 0.25) is 0 Å². The second-order valence-electron chi connectivity index (χ2n) is 3.15. The summed E-state index contributed by atoms with van der Waals surface area (Å²) >= 11 is 13.4. The summed E-state index contributed by atoms with van der Waals surface area (Å²) in [7, 11) is 0. The van der Waals surface area contributed by atoms with Gasteiger partial charge in [0.15, 0.2) is 0 Å². The highest BCUT2D eigenvalue weighted by molar-refractivity contribution is 9.09. The van der Waals surface area contributed by atoms with Crippen LogP contribution in [0.15, 0.2) is 18.2 Å². The topological polar surface area (TPSA) is 0 Å². The normalized spacial score (nSPS) is 14.8. The van der Waals surface area contributed by atoms with Crippen molar-refractivity contribution in [1.29, 1.82) is 0 Å². The van der Waals surface area contributed by atoms with Crippen LogP contribution in [0.5, 0.6) is 0 Å². The molecule has 0 amide bonds. The van der Waals surface area contributed by atoms with Gasteiger partial charge >= 0.3 is 12.1 Å². The average Bonchev–Trinajstić information content (AvgIpc) is 2.19. The van der Waals surface area contributed by atoms with Gasteiger partial charge in [-0.15, -0.1) is 0 Å². The molecular weight excluding hydrogens is 354 g/mol. The van der Waals surface area contributed by atoms with Crippen molar-refractivity contribution in [3.05, 3.63) is 33.8 Å². The monoisotopic (exact) mass is 356 g/mol. The summed E-state index contributed by atoms with van der Waals surface area (Å²) < 4.78 is 62.5. The van der Waals surface area contributed by atoms with Gasteiger partial charge in [0.25, 0.3) is 0 Å². The standard InChI is InChI=1S/C9H4BrCl2F5/c10-7(8(13,14)9(15,16)17)5-3-4(11)1-2-6(5)12/h1-3,7H. The van der Waals surface area contributed by atoms with Gasteiger partial charge in [0.05, 0.1) is 0 Å². The predicted molar refractivity (Wildman–Crippen MR) is 59.1 cm³/mol. The Hall–Kier alpha value is -0.0700. The van der Waals surface area contributed by atoms with Crippen molar-refractivity contribution in [2.45, 2.75) is 16.9 Å². The van der Waals surface area contributed by atoms with Gasteiger partial charge in [-0.1, -0.05) is 39.1 Å². The lowest BCUT2D eigenvalue weighted by Gasteiger charge is -2.25. The van der Waals surface area contributed by atoms with Gasteiger partial charge in [-0.2, -0.15) is 22.0 Å². The lowest BCUT2D eigenvalue weighted by atomic mass is 10.1. The van der Waals surface area contributed by atoms with E-state index in [4.69, 9.17) is 23.2 Å². The molecule has 96 valence electrons. The summed E-state index contributed by atoms with van der Waals surface area (Å²) in [6.07, 6.45) is -5.67. The first-order valence-corrected chi connectivity index (χ1v) is 5.78. The second kappa shape index (κ2) is 4.90. The van der Waals surface area contributed by atoms with Crippen molar-refractivity contribution in [1.82, 2.24) is 0 Å². The van der Waals surface area contributed by atoms with E-state index >= 15 is 0 Å². The molecule has 0 spiro atoms. The highest BCUT2D eigenvalue weighted by Gasteiger charge is 2.62. The molecule has 0 saturated carbocycles. The maximum atomic E-state index is 13.0. The van der Waals surface area contributed by atoms with Gasteiger partial charge < -0.3 is 0 Å². The Bertz CT molecular complexity index is 418. The molecule has 0 N–H and O–H groups in total. The molecule has 1 aromatic carbocycles. The third-order valence-corrected chi connectivity index (χ3v) is 3.57. The molecule has 0 fully saturated rings. The summed E-state index contributed by atoms with van der Waals surface area (Å²) in [5, 5.41) is -0.202. The third-order valence-electron chi connectivity index (χ3n) is 1.93. The molecule has 1 rings (SSSR count). The van der Waals surface area contributed by atoms with E-state index in [0.29, 0.717) is 0 Å². The smallest absolute Gasteiger partial charge is 0.195 e. The molecule has 1 aromatic rings. The van der Waals surface area contributed by atoms with Crippen LogP contribution in [0.3, 0.4) is 0 Å². The minimum absolute atomic E-state index is 0.0202. The third kappa shape index (κ3) is 3.03. The molecule has 0 radical (unpaired) electrons. The summed E-state index contributed by atoms with van der Waals surface area (Å²) in [4.78, 5) is -2.29. The quantitative estimate of drug-likeness (QED) is 0.475. The van der Waals surface area contributed by atoms with Crippen LogP contribution >= 0.6 is 39.1 Å². The number of hydrogen-bond donors (Lipinski definition) is 0. The van der Waals surface area contributed by atoms with E-state index in [-0.39, 0.29) is 10.0 Å². The Balaban J connectivity index is 3.21. The number of rotatable bonds is 2. The van der Waals surface area contributed by atoms with Crippen LogP contribution in [0.2, 0.25) is 10.0 Å². The fraction of sp³-hybridized carbons (Fsp3) is 0.333. The van der Waals surface area contributed by atoms with Gasteiger partial charge in [-0.05, 0) is 23.8 Å². The Morgan fingerprint density at radius 3 is 2.06 bits per heavy atom. The van der Waals surface area contributed by atoms with Gasteiger partial charge in [-0.3, -0.25) is 0 Å². The molecule has 17 heavy (non-hydrogen) atoms. The van der Waals surface area contributed by atoms with Gasteiger partial charge in [0.1, 0.15) is 4.83 Å². The summed E-state index contributed by atoms with van der Waals surface area (Å²) in [5.41, 5.74) is -0.415. The number of benzene rings is 1. The van der Waals surface area contributed by atoms with E-state index in [1.165, 1.54) is 6.07 Å². The largest absolute Gasteiger partial charge is 0.454 e. The van der Waals surface area contributed by atoms with E-state index in [0.717, 1.165) is 12.1 Å². The van der Waals surface area contributed by atoms with Crippen molar-refractivity contribution < 1.29 is 22.0 Å². The first-order chi connectivity index (χ1) is 7.57. The first kappa shape index (κ1) is 15.0. The summed E-state index contributed by atoms with van der Waals surface area (Å²) in [5.74, 6) is -4.94. The molecule has 0 nitrogen and oxygen atoms in total. The maximum Gasteiger partial charge on any atom is 0.454 e. The lowest BCUT2D eigenvalue weighted by Crippen LogP contribution is -2.40. The minimum Gasteiger partial charge on any atom is -0.195 e. The molecule has 0 heterocycles. The molecular formula is C9H4BrCl2F5. The molecule has 0 aliphatic rings. The Morgan fingerprint density at radius 2 is 1.59 bits per heavy atom. The lowest BCUT2D eigenvalue weighted by molar-refractivity contribution is -0.281. The summed E-state index contributed by atoms with van der Waals surface area (Å²) in [6, 6.07) is 3.40. The van der Waals surface area contributed by atoms with Crippen LogP contribution in [0, 0.1) is 0 Å². The van der Waals surface area contributed by atoms with Crippen molar-refractivity contribution in [3.63, 3.8) is 0 Å². The molecule has 8 heteroatoms. The molecule has 1 atom stereocenters. The van der Waals surface area contributed by atoms with E-state index in [9.17, 15) is 22.0 Å². The highest BCUT2D eigenvalue weighted by atomic mass is 79.9. The molecule has 0 aliphatic carbocycles. The SMILES string of the molecule is FC(F)(F)C(F)(F)C(Br)c1cc(Cl)ccc1Cl. The fourth-order valence-electron chi connectivity index (χ4n) is 1.05. The molecule has 0 saturated heterocycles. The fourth-order valence-corrected chi connectivity index (χ4v) is 2.23. The first-order valence-electron chi connectivity index (χ1n) is 4.11. The number of hydrogen-bond acceptors (Lipinski definition) is 0. The van der Waals surface area contributed by atoms with Crippen molar-refractivity contribution in [3.8, 4) is 0 Å². The van der Waals surface area contributed by atoms with Gasteiger partial charge in [0, 0.05) is 10.0 Å². The average molecular weight is 358 g/mol. The van der Waals surface area contributed by atoms with Crippen LogP contribution in [0.25, 0.3) is 0 Å². The maximum absolute atomic E-state index is 13.0. The summed E-state index contributed by atoms with van der Waals surface area (Å²) in [6.45, 7) is 0. The van der Waals surface area contributed by atoms with Crippen molar-refractivity contribution >= 4 is 39.1 Å². The van der Waals surface area contributed by atoms with Crippen LogP contribution in [0.1, 0.15) is 10.4 Å². The molecule has 0 bridgehead atoms. The highest BCUT2D eigenvalue weighted by Crippen LogP contribution is 2.50. The molecule has 0 aliphatic heterocycles. The number of alkyl halides is 6. The number of halogens is 8. The van der Waals surface area contributed by atoms with E-state index in [1.807, 2.05) is 0 Å². The Labute approximate surface area is 112 Å². The Morgan fingerprint density at radius 1 is 1.06 bits per heavy atom. The second-order valence-corrected chi connectivity index (χ2v) is 4.91. The van der Waals surface area contributed by atoms with E-state index < -0.39 is 22.5 Å². The zero-order valence-corrected chi connectivity index (χ0v) is 10.9. The zero-order chi connectivity index (χ0) is 13.4. The van der Waals surface area contributed by atoms with Crippen LogP contribution in [-0.2, 0) is 0 Å². The van der Waals surface area contributed by atoms with Crippen LogP contribution in [0.4, 0.5) is 22.0 Å². The zero-order valence-electron chi connectivity index (χ0n) is 7.83. The molecule has 1 unspecified atom stereocenters. The van der Waals surface area contributed by atoms with E-state index in [2.05, 4.69) is 15.9 Å². The van der Waals surface area contributed by atoms with Crippen LogP contribution in [-0.4, -0.2) is 12.1 Å². The van der Waals surface area contributed by atoms with Crippen molar-refractivity contribution in [2.75, 3.05) is 0 Å². The van der Waals surface area contributed by atoms with E-state index in [1.54, 1.807) is 0 Å². The van der Waals surface area contributed by atoms with Gasteiger partial charge in [-0.25, -0.2) is 0 Å². The van der Waals surface area contributed by atoms with Crippen molar-refractivity contribution in [2.24, 2.45) is 0 Å². The van der Waals surface area contributed by atoms with Crippen LogP contribution < -0.4 is 0 Å². The predicted octanol–water partition coefficient (Wildman–Crippen LogP) is 5.63.